The van der Waals surface area contributed by atoms with Crippen LogP contribution in [0.5, 0.6) is 0 Å². The van der Waals surface area contributed by atoms with Gasteiger partial charge in [-0.1, -0.05) is 33.6 Å². The fourth-order valence-corrected chi connectivity index (χ4v) is 3.25. The van der Waals surface area contributed by atoms with Crippen LogP contribution < -0.4 is 0 Å². The molecule has 17 heavy (non-hydrogen) atoms. The summed E-state index contributed by atoms with van der Waals surface area (Å²) in [7, 11) is 0. The predicted octanol–water partition coefficient (Wildman–Crippen LogP) is 4.34. The molecule has 0 radical (unpaired) electrons. The van der Waals surface area contributed by atoms with Crippen molar-refractivity contribution in [1.82, 2.24) is 0 Å². The van der Waals surface area contributed by atoms with E-state index in [0.29, 0.717) is 12.3 Å². The highest BCUT2D eigenvalue weighted by molar-refractivity contribution is 5.66. The van der Waals surface area contributed by atoms with Gasteiger partial charge in [0.25, 0.3) is 0 Å². The molecular formula is C15H28O2. The van der Waals surface area contributed by atoms with Gasteiger partial charge in [0.1, 0.15) is 0 Å². The van der Waals surface area contributed by atoms with Crippen LogP contribution in [0.25, 0.3) is 0 Å². The van der Waals surface area contributed by atoms with Gasteiger partial charge in [0.2, 0.25) is 0 Å². The second-order valence-electron chi connectivity index (χ2n) is 6.32. The molecule has 1 fully saturated rings. The lowest BCUT2D eigenvalue weighted by atomic mass is 9.73. The number of hydrogen-bond acceptors (Lipinski definition) is 1. The summed E-state index contributed by atoms with van der Waals surface area (Å²) in [5.41, 5.74) is 0. The standard InChI is InChI=1S/C15H28O2/c1-11(2)10-13-5-7-14(8-6-13)12(3)4-9-15(16)17/h11-14H,4-10H2,1-3H3,(H,16,17). The van der Waals surface area contributed by atoms with Crippen molar-refractivity contribution in [2.24, 2.45) is 23.7 Å². The Hall–Kier alpha value is -0.530. The van der Waals surface area contributed by atoms with Gasteiger partial charge < -0.3 is 5.11 Å². The third-order valence-corrected chi connectivity index (χ3v) is 4.31. The van der Waals surface area contributed by atoms with Crippen LogP contribution in [-0.2, 0) is 4.79 Å². The SMILES string of the molecule is CC(C)CC1CCC(C(C)CCC(=O)O)CC1. The summed E-state index contributed by atoms with van der Waals surface area (Å²) in [4.78, 5) is 10.6. The van der Waals surface area contributed by atoms with E-state index in [1.165, 1.54) is 32.1 Å². The molecule has 100 valence electrons. The molecule has 1 rings (SSSR count). The van der Waals surface area contributed by atoms with Gasteiger partial charge in [0.15, 0.2) is 0 Å². The average molecular weight is 240 g/mol. The number of carboxylic acids is 1. The summed E-state index contributed by atoms with van der Waals surface area (Å²) in [6.45, 7) is 6.85. The lowest BCUT2D eigenvalue weighted by Gasteiger charge is -2.33. The molecule has 2 heteroatoms. The van der Waals surface area contributed by atoms with Crippen LogP contribution in [0.1, 0.15) is 65.7 Å². The number of hydrogen-bond donors (Lipinski definition) is 1. The van der Waals surface area contributed by atoms with E-state index in [2.05, 4.69) is 20.8 Å². The minimum Gasteiger partial charge on any atom is -0.481 e. The number of carboxylic acid groups (broad SMARTS) is 1. The molecule has 1 saturated carbocycles. The largest absolute Gasteiger partial charge is 0.481 e. The molecule has 0 saturated heterocycles. The van der Waals surface area contributed by atoms with E-state index in [0.717, 1.165) is 24.2 Å². The van der Waals surface area contributed by atoms with Gasteiger partial charge in [-0.05, 0) is 49.4 Å². The zero-order chi connectivity index (χ0) is 12.8. The molecule has 1 aliphatic carbocycles. The van der Waals surface area contributed by atoms with Gasteiger partial charge in [-0.25, -0.2) is 0 Å². The highest BCUT2D eigenvalue weighted by atomic mass is 16.4. The van der Waals surface area contributed by atoms with Crippen molar-refractivity contribution in [2.45, 2.75) is 65.7 Å². The molecule has 0 aliphatic heterocycles. The predicted molar refractivity (Wildman–Crippen MR) is 70.9 cm³/mol. The Kier molecular flexibility index (Phi) is 6.01. The second kappa shape index (κ2) is 7.03. The Bertz CT molecular complexity index is 227. The Morgan fingerprint density at radius 1 is 1.18 bits per heavy atom. The average Bonchev–Trinajstić information content (AvgIpc) is 2.26. The molecule has 0 bridgehead atoms. The molecule has 1 N–H and O–H groups in total. The molecule has 1 atom stereocenters. The first kappa shape index (κ1) is 14.5. The summed E-state index contributed by atoms with van der Waals surface area (Å²) < 4.78 is 0. The lowest BCUT2D eigenvalue weighted by molar-refractivity contribution is -0.137. The Morgan fingerprint density at radius 3 is 2.24 bits per heavy atom. The van der Waals surface area contributed by atoms with E-state index in [1.807, 2.05) is 0 Å². The van der Waals surface area contributed by atoms with E-state index in [1.54, 1.807) is 0 Å². The molecule has 0 aromatic heterocycles. The van der Waals surface area contributed by atoms with Gasteiger partial charge in [-0.3, -0.25) is 4.79 Å². The van der Waals surface area contributed by atoms with E-state index < -0.39 is 5.97 Å². The minimum absolute atomic E-state index is 0.340. The highest BCUT2D eigenvalue weighted by Gasteiger charge is 2.25. The van der Waals surface area contributed by atoms with Crippen LogP contribution >= 0.6 is 0 Å². The normalized spacial score (nSPS) is 27.1. The number of rotatable bonds is 6. The molecular weight excluding hydrogens is 212 g/mol. The lowest BCUT2D eigenvalue weighted by Crippen LogP contribution is -2.21. The Labute approximate surface area is 106 Å². The van der Waals surface area contributed by atoms with Crippen molar-refractivity contribution in [1.29, 1.82) is 0 Å². The smallest absolute Gasteiger partial charge is 0.303 e. The van der Waals surface area contributed by atoms with Crippen LogP contribution in [0.15, 0.2) is 0 Å². The summed E-state index contributed by atoms with van der Waals surface area (Å²) >= 11 is 0. The summed E-state index contributed by atoms with van der Waals surface area (Å²) in [6, 6.07) is 0. The number of aliphatic carboxylic acids is 1. The monoisotopic (exact) mass is 240 g/mol. The first-order valence-electron chi connectivity index (χ1n) is 7.20. The summed E-state index contributed by atoms with van der Waals surface area (Å²) in [5, 5.41) is 8.70. The third kappa shape index (κ3) is 5.56. The molecule has 0 heterocycles. The molecule has 0 aromatic rings. The Morgan fingerprint density at radius 2 is 1.76 bits per heavy atom. The van der Waals surface area contributed by atoms with Crippen molar-refractivity contribution in [3.8, 4) is 0 Å². The molecule has 0 aromatic carbocycles. The van der Waals surface area contributed by atoms with E-state index in [-0.39, 0.29) is 0 Å². The molecule has 1 aliphatic rings. The van der Waals surface area contributed by atoms with Crippen molar-refractivity contribution >= 4 is 5.97 Å². The molecule has 1 unspecified atom stereocenters. The maximum atomic E-state index is 10.6. The van der Waals surface area contributed by atoms with Gasteiger partial charge in [0, 0.05) is 6.42 Å². The van der Waals surface area contributed by atoms with Gasteiger partial charge >= 0.3 is 5.97 Å². The fraction of sp³-hybridized carbons (Fsp3) is 0.933. The fourth-order valence-electron chi connectivity index (χ4n) is 3.25. The van der Waals surface area contributed by atoms with Crippen LogP contribution in [0.2, 0.25) is 0 Å². The van der Waals surface area contributed by atoms with E-state index in [9.17, 15) is 4.79 Å². The molecule has 2 nitrogen and oxygen atoms in total. The maximum absolute atomic E-state index is 10.6. The molecule has 0 spiro atoms. The van der Waals surface area contributed by atoms with Gasteiger partial charge in [0.05, 0.1) is 0 Å². The van der Waals surface area contributed by atoms with Crippen molar-refractivity contribution in [2.75, 3.05) is 0 Å². The second-order valence-corrected chi connectivity index (χ2v) is 6.32. The molecule has 0 amide bonds. The van der Waals surface area contributed by atoms with Gasteiger partial charge in [-0.15, -0.1) is 0 Å². The van der Waals surface area contributed by atoms with Crippen molar-refractivity contribution in [3.63, 3.8) is 0 Å². The van der Waals surface area contributed by atoms with Crippen LogP contribution in [0.4, 0.5) is 0 Å². The Balaban J connectivity index is 2.23. The van der Waals surface area contributed by atoms with Crippen molar-refractivity contribution < 1.29 is 9.90 Å². The summed E-state index contributed by atoms with van der Waals surface area (Å²) in [6.07, 6.45) is 7.93. The van der Waals surface area contributed by atoms with E-state index in [4.69, 9.17) is 5.11 Å². The minimum atomic E-state index is -0.648. The quantitative estimate of drug-likeness (QED) is 0.750. The zero-order valence-electron chi connectivity index (χ0n) is 11.6. The van der Waals surface area contributed by atoms with Crippen molar-refractivity contribution in [3.05, 3.63) is 0 Å². The van der Waals surface area contributed by atoms with Crippen LogP contribution in [0, 0.1) is 23.7 Å². The maximum Gasteiger partial charge on any atom is 0.303 e. The van der Waals surface area contributed by atoms with Crippen LogP contribution in [-0.4, -0.2) is 11.1 Å². The summed E-state index contributed by atoms with van der Waals surface area (Å²) in [5.74, 6) is 2.47. The first-order chi connectivity index (χ1) is 7.99. The first-order valence-corrected chi connectivity index (χ1v) is 7.20. The number of carbonyl (C=O) groups is 1. The third-order valence-electron chi connectivity index (χ3n) is 4.31. The van der Waals surface area contributed by atoms with E-state index >= 15 is 0 Å². The highest BCUT2D eigenvalue weighted by Crippen LogP contribution is 2.37. The topological polar surface area (TPSA) is 37.3 Å². The zero-order valence-corrected chi connectivity index (χ0v) is 11.6. The van der Waals surface area contributed by atoms with Gasteiger partial charge in [-0.2, -0.15) is 0 Å². The van der Waals surface area contributed by atoms with Crippen LogP contribution in [0.3, 0.4) is 0 Å².